The Morgan fingerprint density at radius 2 is 1.09 bits per heavy atom. The van der Waals surface area contributed by atoms with Gasteiger partial charge in [-0.15, -0.1) is 14.1 Å². The number of fused-ring (bicyclic) bond motifs is 4. The van der Waals surface area contributed by atoms with Crippen LogP contribution in [0.2, 0.25) is 0 Å². The standard InChI is InChI=1S/C39H36N3OP/c43-44(40-26-29-23-24-30-11-1-2-14-33(30)25-29)41(27-34-17-9-15-31-12-3-5-19-36(31)34)38-21-7-8-22-39(38)42(44)28-35-18-10-16-32-13-4-6-20-37(32)35/h1-6,9-20,23-26,38-39H,7-8,21-22,27-28H2/b40-26+/t38-,39-/m1/s1. The van der Waals surface area contributed by atoms with Gasteiger partial charge in [-0.25, -0.2) is 0 Å². The Balaban J connectivity index is 1.25. The highest BCUT2D eigenvalue weighted by Crippen LogP contribution is 2.69. The number of nitrogens with zero attached hydrogens (tertiary/aromatic N) is 3. The van der Waals surface area contributed by atoms with Crippen LogP contribution in [-0.2, 0) is 13.1 Å². The lowest BCUT2D eigenvalue weighted by Crippen LogP contribution is -2.39. The molecule has 1 heterocycles. The van der Waals surface area contributed by atoms with E-state index < -0.39 is 7.94 Å². The molecule has 0 radical (unpaired) electrons. The molecule has 0 unspecified atom stereocenters. The summed E-state index contributed by atoms with van der Waals surface area (Å²) in [4.78, 5) is 15.8. The molecule has 0 amide bonds. The fourth-order valence-corrected chi connectivity index (χ4v) is 10.3. The van der Waals surface area contributed by atoms with E-state index in [1.165, 1.54) is 38.1 Å². The van der Waals surface area contributed by atoms with Gasteiger partial charge in [-0.1, -0.05) is 134 Å². The summed E-state index contributed by atoms with van der Waals surface area (Å²) in [6.07, 6.45) is 6.26. The molecule has 1 aliphatic heterocycles. The van der Waals surface area contributed by atoms with Crippen molar-refractivity contribution in [3.63, 3.8) is 0 Å². The maximum atomic E-state index is 15.8. The monoisotopic (exact) mass is 593 g/mol. The fraction of sp³-hybridized carbons (Fsp3) is 0.205. The van der Waals surface area contributed by atoms with E-state index in [-0.39, 0.29) is 12.1 Å². The van der Waals surface area contributed by atoms with Gasteiger partial charge in [0.2, 0.25) is 7.94 Å². The van der Waals surface area contributed by atoms with Crippen LogP contribution in [-0.4, -0.2) is 27.6 Å². The Morgan fingerprint density at radius 3 is 1.68 bits per heavy atom. The molecule has 218 valence electrons. The van der Waals surface area contributed by atoms with Gasteiger partial charge in [0.05, 0.1) is 31.4 Å². The lowest BCUT2D eigenvalue weighted by atomic mass is 9.89. The minimum atomic E-state index is -3.37. The minimum Gasteiger partial charge on any atom is -0.630 e. The van der Waals surface area contributed by atoms with Crippen molar-refractivity contribution in [1.82, 2.24) is 9.34 Å². The van der Waals surface area contributed by atoms with Crippen molar-refractivity contribution in [2.45, 2.75) is 50.9 Å². The Hall–Kier alpha value is -3.92. The molecule has 6 aromatic rings. The third-order valence-corrected chi connectivity index (χ3v) is 12.3. The van der Waals surface area contributed by atoms with E-state index in [0.717, 1.165) is 36.6 Å². The summed E-state index contributed by atoms with van der Waals surface area (Å²) in [5.41, 5.74) is 3.39. The second-order valence-corrected chi connectivity index (χ2v) is 14.5. The Bertz CT molecular complexity index is 1900. The zero-order chi connectivity index (χ0) is 29.5. The van der Waals surface area contributed by atoms with Crippen LogP contribution in [0.25, 0.3) is 32.3 Å². The van der Waals surface area contributed by atoms with Crippen molar-refractivity contribution in [3.05, 3.63) is 144 Å². The predicted octanol–water partition coefficient (Wildman–Crippen LogP) is 8.93. The SMILES string of the molecule is [O-][P+]1(/N=C/c2ccc3ccccc3c2)N(Cc2cccc3ccccc23)[C@@H]2CCCC[C@H]2N1Cc1cccc2ccccc12. The molecule has 2 atom stereocenters. The molecule has 1 aliphatic carbocycles. The van der Waals surface area contributed by atoms with Crippen molar-refractivity contribution < 1.29 is 4.89 Å². The van der Waals surface area contributed by atoms with E-state index in [0.29, 0.717) is 13.1 Å². The van der Waals surface area contributed by atoms with Crippen LogP contribution in [0, 0.1) is 0 Å². The molecule has 1 saturated carbocycles. The summed E-state index contributed by atoms with van der Waals surface area (Å²) in [5, 5.41) is 7.23. The second kappa shape index (κ2) is 11.5. The Morgan fingerprint density at radius 1 is 0.591 bits per heavy atom. The highest BCUT2D eigenvalue weighted by molar-refractivity contribution is 7.63. The van der Waals surface area contributed by atoms with Crippen molar-refractivity contribution in [3.8, 4) is 0 Å². The van der Waals surface area contributed by atoms with Crippen molar-refractivity contribution in [1.29, 1.82) is 0 Å². The summed E-state index contributed by atoms with van der Waals surface area (Å²) in [7, 11) is -3.37. The molecule has 0 aromatic heterocycles. The molecule has 0 bridgehead atoms. The first kappa shape index (κ1) is 27.6. The summed E-state index contributed by atoms with van der Waals surface area (Å²) in [6.45, 7) is 1.22. The number of hydrogen-bond acceptors (Lipinski definition) is 4. The van der Waals surface area contributed by atoms with Gasteiger partial charge in [-0.2, -0.15) is 0 Å². The van der Waals surface area contributed by atoms with Crippen LogP contribution in [0.3, 0.4) is 0 Å². The molecular formula is C39H36N3OP. The van der Waals surface area contributed by atoms with Crippen LogP contribution < -0.4 is 4.89 Å². The van der Waals surface area contributed by atoms with Crippen LogP contribution >= 0.6 is 7.94 Å². The normalized spacial score (nSPS) is 20.6. The molecular weight excluding hydrogens is 557 g/mol. The quantitative estimate of drug-likeness (QED) is 0.143. The lowest BCUT2D eigenvalue weighted by molar-refractivity contribution is -0.192. The molecule has 44 heavy (non-hydrogen) atoms. The zero-order valence-electron chi connectivity index (χ0n) is 24.8. The number of rotatable bonds is 6. The van der Waals surface area contributed by atoms with Crippen molar-refractivity contribution >= 4 is 46.5 Å². The Labute approximate surface area is 259 Å². The zero-order valence-corrected chi connectivity index (χ0v) is 25.7. The van der Waals surface area contributed by atoms with E-state index >= 15 is 4.89 Å². The molecule has 6 aromatic carbocycles. The summed E-state index contributed by atoms with van der Waals surface area (Å²) < 4.78 is 9.74. The molecule has 5 heteroatoms. The first-order chi connectivity index (χ1) is 21.7. The molecule has 2 fully saturated rings. The van der Waals surface area contributed by atoms with Gasteiger partial charge in [0.15, 0.2) is 0 Å². The lowest BCUT2D eigenvalue weighted by Gasteiger charge is -2.36. The third-order valence-electron chi connectivity index (χ3n) is 9.68. The first-order valence-electron chi connectivity index (χ1n) is 15.8. The summed E-state index contributed by atoms with van der Waals surface area (Å²) >= 11 is 0. The average Bonchev–Trinajstić information content (AvgIpc) is 3.30. The third kappa shape index (κ3) is 4.93. The van der Waals surface area contributed by atoms with E-state index in [9.17, 15) is 0 Å². The van der Waals surface area contributed by atoms with E-state index in [4.69, 9.17) is 4.76 Å². The van der Waals surface area contributed by atoms with Crippen LogP contribution in [0.5, 0.6) is 0 Å². The van der Waals surface area contributed by atoms with Gasteiger partial charge in [0.25, 0.3) is 0 Å². The van der Waals surface area contributed by atoms with E-state index in [1.54, 1.807) is 0 Å². The maximum absolute atomic E-state index is 15.8. The van der Waals surface area contributed by atoms with Crippen molar-refractivity contribution in [2.24, 2.45) is 4.76 Å². The highest BCUT2D eigenvalue weighted by Gasteiger charge is 2.59. The molecule has 8 rings (SSSR count). The topological polar surface area (TPSA) is 41.9 Å². The minimum absolute atomic E-state index is 0.192. The number of benzene rings is 6. The maximum Gasteiger partial charge on any atom is 0.238 e. The van der Waals surface area contributed by atoms with Crippen molar-refractivity contribution in [2.75, 3.05) is 0 Å². The van der Waals surface area contributed by atoms with Gasteiger partial charge in [-0.05, 0) is 67.9 Å². The average molecular weight is 594 g/mol. The fourth-order valence-electron chi connectivity index (χ4n) is 7.51. The largest absolute Gasteiger partial charge is 0.630 e. The van der Waals surface area contributed by atoms with Gasteiger partial charge < -0.3 is 4.89 Å². The van der Waals surface area contributed by atoms with E-state index in [1.807, 2.05) is 6.21 Å². The molecule has 0 N–H and O–H groups in total. The van der Waals surface area contributed by atoms with Crippen LogP contribution in [0.1, 0.15) is 42.4 Å². The van der Waals surface area contributed by atoms with Gasteiger partial charge >= 0.3 is 0 Å². The number of hydrogen-bond donors (Lipinski definition) is 0. The van der Waals surface area contributed by atoms with Gasteiger partial charge in [0.1, 0.15) is 0 Å². The Kier molecular flexibility index (Phi) is 7.24. The smallest absolute Gasteiger partial charge is 0.238 e. The second-order valence-electron chi connectivity index (χ2n) is 12.3. The molecule has 4 nitrogen and oxygen atoms in total. The van der Waals surface area contributed by atoms with Crippen LogP contribution in [0.4, 0.5) is 0 Å². The summed E-state index contributed by atoms with van der Waals surface area (Å²) in [6, 6.07) is 45.2. The van der Waals surface area contributed by atoms with Gasteiger partial charge in [-0.3, -0.25) is 0 Å². The van der Waals surface area contributed by atoms with Crippen LogP contribution in [0.15, 0.2) is 132 Å². The first-order valence-corrected chi connectivity index (χ1v) is 17.4. The molecule has 2 aliphatic rings. The molecule has 0 spiro atoms. The summed E-state index contributed by atoms with van der Waals surface area (Å²) in [5.74, 6) is 0. The molecule has 1 saturated heterocycles. The van der Waals surface area contributed by atoms with Gasteiger partial charge in [0, 0.05) is 0 Å². The van der Waals surface area contributed by atoms with E-state index in [2.05, 4.69) is 137 Å². The highest BCUT2D eigenvalue weighted by atomic mass is 31.2. The predicted molar refractivity (Wildman–Crippen MR) is 183 cm³/mol.